The topological polar surface area (TPSA) is 131 Å². The molecule has 2 aliphatic carbocycles. The number of hydrogen-bond acceptors (Lipinski definition) is 10. The number of fused-ring (bicyclic) bond motifs is 2. The zero-order chi connectivity index (χ0) is 29.4. The maximum absolute atomic E-state index is 11.4. The van der Waals surface area contributed by atoms with Gasteiger partial charge in [0.2, 0.25) is 0 Å². The van der Waals surface area contributed by atoms with Crippen LogP contribution in [0.3, 0.4) is 0 Å². The van der Waals surface area contributed by atoms with E-state index in [0.29, 0.717) is 5.78 Å². The lowest BCUT2D eigenvalue weighted by Gasteiger charge is -2.33. The van der Waals surface area contributed by atoms with Crippen LogP contribution in [0.25, 0.3) is 0 Å². The third-order valence-electron chi connectivity index (χ3n) is 6.24. The Morgan fingerprint density at radius 1 is 0.850 bits per heavy atom. The molecule has 0 saturated carbocycles. The Hall–Kier alpha value is -3.91. The summed E-state index contributed by atoms with van der Waals surface area (Å²) < 4.78 is 0. The molecule has 0 spiro atoms. The second kappa shape index (κ2) is 16.9. The van der Waals surface area contributed by atoms with Crippen LogP contribution in [0.4, 0.5) is 0 Å². The molecule has 1 unspecified atom stereocenters. The molecule has 0 bridgehead atoms. The van der Waals surface area contributed by atoms with Gasteiger partial charge in [-0.2, -0.15) is 19.2 Å². The molecule has 0 fully saturated rings. The number of aliphatic hydroxyl groups is 1. The maximum atomic E-state index is 11.4. The minimum Gasteiger partial charge on any atom is -0.378 e. The molecule has 40 heavy (non-hydrogen) atoms. The van der Waals surface area contributed by atoms with Gasteiger partial charge in [-0.1, -0.05) is 47.5 Å². The molecule has 10 heteroatoms. The van der Waals surface area contributed by atoms with E-state index in [1.807, 2.05) is 22.9 Å². The van der Waals surface area contributed by atoms with Crippen molar-refractivity contribution in [3.05, 3.63) is 103 Å². The highest BCUT2D eigenvalue weighted by Gasteiger charge is 2.38. The van der Waals surface area contributed by atoms with Crippen molar-refractivity contribution in [1.29, 1.82) is 0 Å². The monoisotopic (exact) mass is 578 g/mol. The van der Waals surface area contributed by atoms with Crippen LogP contribution in [0, 0.1) is 13.8 Å². The Labute approximate surface area is 240 Å². The normalized spacial score (nSPS) is 16.1. The van der Waals surface area contributed by atoms with E-state index in [2.05, 4.69) is 48.1 Å². The minimum absolute atomic E-state index is 0.250. The number of carbonyl (C=O) groups is 1. The third kappa shape index (κ3) is 9.38. The minimum atomic E-state index is -0.866. The number of benzene rings is 2. The fourth-order valence-corrected chi connectivity index (χ4v) is 5.73. The van der Waals surface area contributed by atoms with Gasteiger partial charge >= 0.3 is 12.3 Å². The first-order chi connectivity index (χ1) is 19.3. The van der Waals surface area contributed by atoms with Gasteiger partial charge in [-0.3, -0.25) is 9.78 Å². The summed E-state index contributed by atoms with van der Waals surface area (Å²) in [6.07, 6.45) is 9.72. The first-order valence-corrected chi connectivity index (χ1v) is 14.3. The maximum Gasteiger partial charge on any atom is 0.373 e. The Bertz CT molecular complexity index is 1380. The first-order valence-electron chi connectivity index (χ1n) is 12.5. The number of nitrogens with zero attached hydrogens (tertiary/aromatic N) is 2. The van der Waals surface area contributed by atoms with Gasteiger partial charge in [0, 0.05) is 35.1 Å². The molecular formula is C30H30N2O6S2. The lowest BCUT2D eigenvalue weighted by atomic mass is 9.79. The molecule has 0 radical (unpaired) electrons. The summed E-state index contributed by atoms with van der Waals surface area (Å²) in [5.74, 6) is 0.316. The molecule has 0 aliphatic heterocycles. The predicted octanol–water partition coefficient (Wildman–Crippen LogP) is 5.51. The second-order valence-corrected chi connectivity index (χ2v) is 10.6. The standard InChI is InChI=1S/C14H15NOS.C11H12O.C3H3NS.2CO2/c1-10-4-5-12-11(9-10)3-2-6-14(12,16)13-15-7-8-17-13;1-8-5-6-10-9(7-8)3-2-4-11(10)12;1-2-5-3-4-1;2*2-1-3/h4-5,7-9,16H,2-3,6H2,1H3;5-7H,2-4H2,1H3;1-3H;;. The molecule has 1 atom stereocenters. The molecule has 6 rings (SSSR count). The summed E-state index contributed by atoms with van der Waals surface area (Å²) in [6.45, 7) is 4.16. The first kappa shape index (κ1) is 32.3. The molecule has 0 saturated heterocycles. The highest BCUT2D eigenvalue weighted by molar-refractivity contribution is 7.09. The van der Waals surface area contributed by atoms with Crippen LogP contribution in [0.15, 0.2) is 65.1 Å². The lowest BCUT2D eigenvalue weighted by molar-refractivity contribution is -0.193. The molecule has 1 N–H and O–H groups in total. The molecule has 2 aliphatic rings. The summed E-state index contributed by atoms with van der Waals surface area (Å²) in [7, 11) is 0. The lowest BCUT2D eigenvalue weighted by Crippen LogP contribution is -2.31. The van der Waals surface area contributed by atoms with E-state index in [1.54, 1.807) is 29.2 Å². The number of rotatable bonds is 1. The average Bonchev–Trinajstić information content (AvgIpc) is 3.68. The van der Waals surface area contributed by atoms with Gasteiger partial charge in [0.25, 0.3) is 0 Å². The van der Waals surface area contributed by atoms with Crippen molar-refractivity contribution >= 4 is 40.8 Å². The van der Waals surface area contributed by atoms with Crippen LogP contribution in [0.2, 0.25) is 0 Å². The van der Waals surface area contributed by atoms with E-state index < -0.39 is 5.60 Å². The van der Waals surface area contributed by atoms with Crippen LogP contribution < -0.4 is 0 Å². The van der Waals surface area contributed by atoms with Crippen molar-refractivity contribution in [3.8, 4) is 0 Å². The molecule has 2 aromatic heterocycles. The molecule has 208 valence electrons. The van der Waals surface area contributed by atoms with Gasteiger partial charge < -0.3 is 5.11 Å². The molecular weight excluding hydrogens is 548 g/mol. The average molecular weight is 579 g/mol. The Morgan fingerprint density at radius 2 is 1.50 bits per heavy atom. The van der Waals surface area contributed by atoms with Crippen molar-refractivity contribution in [2.75, 3.05) is 0 Å². The van der Waals surface area contributed by atoms with E-state index in [0.717, 1.165) is 54.7 Å². The fraction of sp³-hybridized carbons (Fsp3) is 0.300. The Kier molecular flexibility index (Phi) is 13.7. The summed E-state index contributed by atoms with van der Waals surface area (Å²) in [6, 6.07) is 12.4. The van der Waals surface area contributed by atoms with Crippen molar-refractivity contribution < 1.29 is 29.1 Å². The van der Waals surface area contributed by atoms with Crippen LogP contribution in [0.5, 0.6) is 0 Å². The van der Waals surface area contributed by atoms with Crippen molar-refractivity contribution in [1.82, 2.24) is 9.97 Å². The van der Waals surface area contributed by atoms with E-state index in [9.17, 15) is 9.90 Å². The summed E-state index contributed by atoms with van der Waals surface area (Å²) in [4.78, 5) is 51.9. The number of thiazole rings is 2. The van der Waals surface area contributed by atoms with Crippen LogP contribution >= 0.6 is 22.7 Å². The van der Waals surface area contributed by atoms with Crippen molar-refractivity contribution in [3.63, 3.8) is 0 Å². The van der Waals surface area contributed by atoms with Crippen LogP contribution in [-0.4, -0.2) is 33.2 Å². The van der Waals surface area contributed by atoms with Crippen molar-refractivity contribution in [2.45, 2.75) is 58.0 Å². The molecule has 8 nitrogen and oxygen atoms in total. The molecule has 0 amide bonds. The quantitative estimate of drug-likeness (QED) is 0.313. The second-order valence-electron chi connectivity index (χ2n) is 8.99. The van der Waals surface area contributed by atoms with Crippen LogP contribution in [0.1, 0.15) is 68.9 Å². The SMILES string of the molecule is Cc1ccc2c(c1)CCCC2(O)c1nccs1.Cc1ccc2c(c1)CCCC2=O.O=C=O.O=C=O.c1cscn1. The summed E-state index contributed by atoms with van der Waals surface area (Å²) in [5, 5.41) is 15.6. The van der Waals surface area contributed by atoms with Crippen LogP contribution in [-0.2, 0) is 37.6 Å². The zero-order valence-electron chi connectivity index (χ0n) is 22.3. The molecule has 2 aromatic carbocycles. The molecule has 2 heterocycles. The van der Waals surface area contributed by atoms with E-state index >= 15 is 0 Å². The van der Waals surface area contributed by atoms with Gasteiger partial charge in [0.15, 0.2) is 5.78 Å². The highest BCUT2D eigenvalue weighted by Crippen LogP contribution is 2.41. The Morgan fingerprint density at radius 3 is 2.08 bits per heavy atom. The number of hydrogen-bond donors (Lipinski definition) is 1. The highest BCUT2D eigenvalue weighted by atomic mass is 32.1. The number of carbonyl (C=O) groups excluding carboxylic acids is 5. The van der Waals surface area contributed by atoms with E-state index in [4.69, 9.17) is 19.2 Å². The fourth-order valence-electron chi connectivity index (χ4n) is 4.60. The number of Topliss-reactive ketones (excluding diaryl/α,β-unsaturated/α-hetero) is 1. The van der Waals surface area contributed by atoms with Gasteiger partial charge in [-0.15, -0.1) is 22.7 Å². The van der Waals surface area contributed by atoms with Crippen molar-refractivity contribution in [2.24, 2.45) is 0 Å². The summed E-state index contributed by atoms with van der Waals surface area (Å²) in [5.41, 5.74) is 7.95. The number of aromatic nitrogens is 2. The third-order valence-corrected chi connectivity index (χ3v) is 7.68. The smallest absolute Gasteiger partial charge is 0.373 e. The summed E-state index contributed by atoms with van der Waals surface area (Å²) >= 11 is 3.14. The van der Waals surface area contributed by atoms with E-state index in [1.165, 1.54) is 33.6 Å². The number of ketones is 1. The van der Waals surface area contributed by atoms with Gasteiger partial charge in [-0.25, -0.2) is 4.98 Å². The number of aryl methyl sites for hydroxylation is 4. The van der Waals surface area contributed by atoms with Gasteiger partial charge in [0.1, 0.15) is 10.6 Å². The largest absolute Gasteiger partial charge is 0.378 e. The van der Waals surface area contributed by atoms with Gasteiger partial charge in [0.05, 0.1) is 5.51 Å². The van der Waals surface area contributed by atoms with E-state index in [-0.39, 0.29) is 12.3 Å². The molecule has 4 aromatic rings. The zero-order valence-corrected chi connectivity index (χ0v) is 23.9. The van der Waals surface area contributed by atoms with Gasteiger partial charge in [-0.05, 0) is 62.6 Å². The predicted molar refractivity (Wildman–Crippen MR) is 150 cm³/mol. The Balaban J connectivity index is 0.000000211.